The highest BCUT2D eigenvalue weighted by Crippen LogP contribution is 2.19. The van der Waals surface area contributed by atoms with Crippen molar-refractivity contribution in [2.24, 2.45) is 0 Å². The summed E-state index contributed by atoms with van der Waals surface area (Å²) in [5, 5.41) is 7.15. The summed E-state index contributed by atoms with van der Waals surface area (Å²) in [4.78, 5) is 16.1. The molecule has 1 heterocycles. The maximum atomic E-state index is 13.1. The second-order valence-corrected chi connectivity index (χ2v) is 5.47. The number of amides is 1. The fraction of sp³-hybridized carbons (Fsp3) is 0.118. The van der Waals surface area contributed by atoms with Crippen LogP contribution in [-0.4, -0.2) is 22.6 Å². The molecule has 0 saturated carbocycles. The Kier molecular flexibility index (Phi) is 4.86. The van der Waals surface area contributed by atoms with Crippen molar-refractivity contribution in [2.45, 2.75) is 6.42 Å². The molecule has 0 bridgehead atoms. The minimum absolute atomic E-state index is 0.264. The van der Waals surface area contributed by atoms with Gasteiger partial charge in [-0.15, -0.1) is 0 Å². The Morgan fingerprint density at radius 2 is 2.04 bits per heavy atom. The lowest BCUT2D eigenvalue weighted by Crippen LogP contribution is -2.25. The van der Waals surface area contributed by atoms with Crippen LogP contribution in [0.15, 0.2) is 53.1 Å². The van der Waals surface area contributed by atoms with E-state index >= 15 is 0 Å². The van der Waals surface area contributed by atoms with Gasteiger partial charge in [0.2, 0.25) is 11.7 Å². The largest absolute Gasteiger partial charge is 0.352 e. The van der Waals surface area contributed by atoms with Gasteiger partial charge in [-0.1, -0.05) is 35.0 Å². The molecule has 0 spiro atoms. The maximum absolute atomic E-state index is 13.1. The first-order valence-corrected chi connectivity index (χ1v) is 7.62. The summed E-state index contributed by atoms with van der Waals surface area (Å²) >= 11 is 5.93. The van der Waals surface area contributed by atoms with E-state index in [1.807, 2.05) is 6.07 Å². The topological polar surface area (TPSA) is 68.0 Å². The summed E-state index contributed by atoms with van der Waals surface area (Å²) in [5.74, 6) is 0.0169. The van der Waals surface area contributed by atoms with Gasteiger partial charge in [-0.25, -0.2) is 4.39 Å². The van der Waals surface area contributed by atoms with Crippen molar-refractivity contribution < 1.29 is 13.7 Å². The molecule has 0 unspecified atom stereocenters. The molecule has 1 aromatic heterocycles. The van der Waals surface area contributed by atoms with Gasteiger partial charge in [-0.2, -0.15) is 4.98 Å². The van der Waals surface area contributed by atoms with Crippen molar-refractivity contribution in [3.8, 4) is 11.4 Å². The zero-order valence-corrected chi connectivity index (χ0v) is 13.3. The number of aromatic nitrogens is 2. The van der Waals surface area contributed by atoms with E-state index < -0.39 is 5.82 Å². The van der Waals surface area contributed by atoms with E-state index in [9.17, 15) is 9.18 Å². The summed E-state index contributed by atoms with van der Waals surface area (Å²) in [6.07, 6.45) is 0.370. The van der Waals surface area contributed by atoms with Gasteiger partial charge in [0.15, 0.2) is 0 Å². The predicted molar refractivity (Wildman–Crippen MR) is 87.2 cm³/mol. The van der Waals surface area contributed by atoms with Gasteiger partial charge < -0.3 is 9.84 Å². The highest BCUT2D eigenvalue weighted by molar-refractivity contribution is 6.30. The fourth-order valence-electron chi connectivity index (χ4n) is 2.12. The number of carbonyl (C=O) groups is 1. The van der Waals surface area contributed by atoms with E-state index in [4.69, 9.17) is 16.1 Å². The third-order valence-corrected chi connectivity index (χ3v) is 3.50. The molecule has 0 aliphatic carbocycles. The molecule has 3 rings (SSSR count). The number of rotatable bonds is 5. The molecule has 1 N–H and O–H groups in total. The van der Waals surface area contributed by atoms with Crippen molar-refractivity contribution >= 4 is 17.5 Å². The molecule has 0 saturated heterocycles. The molecular formula is C17H13ClFN3O2. The minimum atomic E-state index is -0.453. The number of benzene rings is 2. The molecule has 0 radical (unpaired) electrons. The van der Waals surface area contributed by atoms with Crippen molar-refractivity contribution in [3.63, 3.8) is 0 Å². The number of hydrogen-bond acceptors (Lipinski definition) is 4. The van der Waals surface area contributed by atoms with Crippen LogP contribution in [0.1, 0.15) is 16.2 Å². The van der Waals surface area contributed by atoms with Crippen LogP contribution in [0.4, 0.5) is 4.39 Å². The smallest absolute Gasteiger partial charge is 0.251 e. The molecule has 122 valence electrons. The van der Waals surface area contributed by atoms with Crippen LogP contribution in [0.25, 0.3) is 11.4 Å². The molecule has 0 aliphatic rings. The normalized spacial score (nSPS) is 10.6. The monoisotopic (exact) mass is 345 g/mol. The Labute approximate surface area is 142 Å². The maximum Gasteiger partial charge on any atom is 0.251 e. The molecule has 1 amide bonds. The van der Waals surface area contributed by atoms with Gasteiger partial charge in [-0.3, -0.25) is 4.79 Å². The molecule has 24 heavy (non-hydrogen) atoms. The molecule has 0 fully saturated rings. The van der Waals surface area contributed by atoms with E-state index in [0.29, 0.717) is 29.7 Å². The number of nitrogens with zero attached hydrogens (tertiary/aromatic N) is 2. The lowest BCUT2D eigenvalue weighted by Gasteiger charge is -2.03. The van der Waals surface area contributed by atoms with Crippen LogP contribution in [0, 0.1) is 5.82 Å². The second-order valence-electron chi connectivity index (χ2n) is 5.04. The Hall–Kier alpha value is -2.73. The van der Waals surface area contributed by atoms with Gasteiger partial charge in [-0.05, 0) is 30.3 Å². The zero-order chi connectivity index (χ0) is 16.9. The van der Waals surface area contributed by atoms with Crippen LogP contribution in [0.2, 0.25) is 5.02 Å². The van der Waals surface area contributed by atoms with Crippen molar-refractivity contribution in [1.29, 1.82) is 0 Å². The predicted octanol–water partition coefficient (Wildman–Crippen LogP) is 3.50. The molecule has 2 aromatic carbocycles. The van der Waals surface area contributed by atoms with Gasteiger partial charge in [0.05, 0.1) is 0 Å². The van der Waals surface area contributed by atoms with E-state index in [0.717, 1.165) is 5.56 Å². The Morgan fingerprint density at radius 1 is 1.21 bits per heavy atom. The van der Waals surface area contributed by atoms with Gasteiger partial charge in [0.25, 0.3) is 5.91 Å². The van der Waals surface area contributed by atoms with Gasteiger partial charge >= 0.3 is 0 Å². The lowest BCUT2D eigenvalue weighted by atomic mass is 10.2. The Balaban J connectivity index is 1.57. The summed E-state index contributed by atoms with van der Waals surface area (Å²) in [7, 11) is 0. The number of halogens is 2. The zero-order valence-electron chi connectivity index (χ0n) is 12.5. The first kappa shape index (κ1) is 16.1. The summed E-state index contributed by atoms with van der Waals surface area (Å²) in [5.41, 5.74) is 1.02. The average molecular weight is 346 g/mol. The first-order chi connectivity index (χ1) is 11.6. The number of carbonyl (C=O) groups excluding carboxylic acids is 1. The first-order valence-electron chi connectivity index (χ1n) is 7.24. The lowest BCUT2D eigenvalue weighted by molar-refractivity contribution is 0.0953. The average Bonchev–Trinajstić information content (AvgIpc) is 3.04. The third-order valence-electron chi connectivity index (χ3n) is 3.26. The van der Waals surface area contributed by atoms with Gasteiger partial charge in [0.1, 0.15) is 5.82 Å². The summed E-state index contributed by atoms with van der Waals surface area (Å²) in [6, 6.07) is 12.6. The standard InChI is InChI=1S/C17H13ClFN3O2/c18-13-5-1-3-11(9-13)16-21-15(24-22-16)7-8-20-17(23)12-4-2-6-14(19)10-12/h1-6,9-10H,7-8H2,(H,20,23). The number of hydrogen-bond donors (Lipinski definition) is 1. The Bertz CT molecular complexity index is 866. The van der Waals surface area contributed by atoms with Crippen LogP contribution in [0.5, 0.6) is 0 Å². The second kappa shape index (κ2) is 7.23. The highest BCUT2D eigenvalue weighted by atomic mass is 35.5. The summed E-state index contributed by atoms with van der Waals surface area (Å²) in [6.45, 7) is 0.298. The van der Waals surface area contributed by atoms with E-state index in [1.54, 1.807) is 24.3 Å². The van der Waals surface area contributed by atoms with E-state index in [2.05, 4.69) is 15.5 Å². The molecule has 0 aliphatic heterocycles. The van der Waals surface area contributed by atoms with Crippen LogP contribution < -0.4 is 5.32 Å². The fourth-order valence-corrected chi connectivity index (χ4v) is 2.31. The van der Waals surface area contributed by atoms with Crippen LogP contribution >= 0.6 is 11.6 Å². The highest BCUT2D eigenvalue weighted by Gasteiger charge is 2.10. The van der Waals surface area contributed by atoms with Crippen LogP contribution in [-0.2, 0) is 6.42 Å². The molecular weight excluding hydrogens is 333 g/mol. The van der Waals surface area contributed by atoms with Crippen LogP contribution in [0.3, 0.4) is 0 Å². The van der Waals surface area contributed by atoms with E-state index in [1.165, 1.54) is 18.2 Å². The number of nitrogens with one attached hydrogen (secondary N) is 1. The quantitative estimate of drug-likeness (QED) is 0.768. The van der Waals surface area contributed by atoms with Crippen molar-refractivity contribution in [3.05, 3.63) is 70.8 Å². The molecule has 5 nitrogen and oxygen atoms in total. The van der Waals surface area contributed by atoms with E-state index in [-0.39, 0.29) is 11.5 Å². The van der Waals surface area contributed by atoms with Crippen molar-refractivity contribution in [1.82, 2.24) is 15.5 Å². The minimum Gasteiger partial charge on any atom is -0.352 e. The SMILES string of the molecule is O=C(NCCc1nc(-c2cccc(Cl)c2)no1)c1cccc(F)c1. The Morgan fingerprint density at radius 3 is 2.83 bits per heavy atom. The summed E-state index contributed by atoms with van der Waals surface area (Å²) < 4.78 is 18.2. The van der Waals surface area contributed by atoms with Crippen molar-refractivity contribution in [2.75, 3.05) is 6.54 Å². The third kappa shape index (κ3) is 3.97. The van der Waals surface area contributed by atoms with Gasteiger partial charge in [0, 0.05) is 29.1 Å². The molecule has 3 aromatic rings. The molecule has 7 heteroatoms. The molecule has 0 atom stereocenters.